The van der Waals surface area contributed by atoms with Crippen LogP contribution < -0.4 is 19.5 Å². The minimum absolute atomic E-state index is 0.283. The minimum Gasteiger partial charge on any atom is -0.493 e. The molecule has 158 valence electrons. The number of methoxy groups -OCH3 is 3. The lowest BCUT2D eigenvalue weighted by molar-refractivity contribution is 0.103. The van der Waals surface area contributed by atoms with Crippen molar-refractivity contribution in [3.63, 3.8) is 0 Å². The van der Waals surface area contributed by atoms with Gasteiger partial charge in [-0.1, -0.05) is 11.6 Å². The first kappa shape index (κ1) is 20.9. The molecule has 0 aliphatic rings. The van der Waals surface area contributed by atoms with Gasteiger partial charge in [-0.25, -0.2) is 9.97 Å². The number of thiophene rings is 1. The van der Waals surface area contributed by atoms with Crippen LogP contribution in [0.2, 0.25) is 5.02 Å². The van der Waals surface area contributed by atoms with E-state index < -0.39 is 0 Å². The minimum atomic E-state index is -0.284. The van der Waals surface area contributed by atoms with Crippen LogP contribution >= 0.6 is 22.9 Å². The van der Waals surface area contributed by atoms with Gasteiger partial charge in [0, 0.05) is 16.3 Å². The fourth-order valence-electron chi connectivity index (χ4n) is 3.08. The molecule has 0 amide bonds. The molecule has 4 aromatic rings. The van der Waals surface area contributed by atoms with Crippen molar-refractivity contribution in [3.05, 3.63) is 64.1 Å². The second kappa shape index (κ2) is 8.79. The summed E-state index contributed by atoms with van der Waals surface area (Å²) in [6, 6.07) is 12.2. The third kappa shape index (κ3) is 4.12. The van der Waals surface area contributed by atoms with Gasteiger partial charge in [0.05, 0.1) is 31.5 Å². The number of halogens is 1. The molecule has 0 bridgehead atoms. The lowest BCUT2D eigenvalue weighted by Gasteiger charge is -2.14. The molecule has 4 rings (SSSR count). The summed E-state index contributed by atoms with van der Waals surface area (Å²) in [5.41, 5.74) is 2.07. The van der Waals surface area contributed by atoms with Gasteiger partial charge in [-0.15, -0.1) is 11.3 Å². The Balaban J connectivity index is 1.79. The van der Waals surface area contributed by atoms with Crippen LogP contribution in [0.5, 0.6) is 17.2 Å². The predicted molar refractivity (Wildman–Crippen MR) is 122 cm³/mol. The molecule has 0 radical (unpaired) electrons. The van der Waals surface area contributed by atoms with Crippen LogP contribution in [-0.2, 0) is 0 Å². The SMILES string of the molecule is COc1cc(C(=O)c2nc(Nc3ccc(Cl)cc3)nc3ccsc23)cc(OC)c1OC. The Hall–Kier alpha value is -3.36. The molecule has 7 nitrogen and oxygen atoms in total. The molecule has 2 aromatic heterocycles. The van der Waals surface area contributed by atoms with Gasteiger partial charge in [-0.2, -0.15) is 0 Å². The standard InChI is InChI=1S/C22H18ClN3O4S/c1-28-16-10-12(11-17(29-2)20(16)30-3)19(27)18-21-15(8-9-31-21)25-22(26-18)24-14-6-4-13(23)5-7-14/h4-11H,1-3H3,(H,24,25,26). The maximum absolute atomic E-state index is 13.5. The molecule has 9 heteroatoms. The van der Waals surface area contributed by atoms with Gasteiger partial charge in [0.25, 0.3) is 0 Å². The average molecular weight is 456 g/mol. The van der Waals surface area contributed by atoms with Crippen LogP contribution in [0.3, 0.4) is 0 Å². The molecule has 0 atom stereocenters. The summed E-state index contributed by atoms with van der Waals surface area (Å²) in [6.45, 7) is 0. The van der Waals surface area contributed by atoms with Crippen LogP contribution in [0.25, 0.3) is 10.2 Å². The third-order valence-corrected chi connectivity index (χ3v) is 5.71. The number of carbonyl (C=O) groups excluding carboxylic acids is 1. The number of benzene rings is 2. The summed E-state index contributed by atoms with van der Waals surface area (Å²) in [7, 11) is 4.51. The highest BCUT2D eigenvalue weighted by atomic mass is 35.5. The van der Waals surface area contributed by atoms with Gasteiger partial charge in [-0.05, 0) is 47.8 Å². The lowest BCUT2D eigenvalue weighted by atomic mass is 10.1. The second-order valence-electron chi connectivity index (χ2n) is 6.41. The Labute approximate surface area is 187 Å². The molecule has 1 N–H and O–H groups in total. The Morgan fingerprint density at radius 2 is 1.65 bits per heavy atom. The monoisotopic (exact) mass is 455 g/mol. The van der Waals surface area contributed by atoms with Gasteiger partial charge < -0.3 is 19.5 Å². The summed E-state index contributed by atoms with van der Waals surface area (Å²) in [5.74, 6) is 1.22. The van der Waals surface area contributed by atoms with Crippen LogP contribution in [0.4, 0.5) is 11.6 Å². The van der Waals surface area contributed by atoms with Crippen molar-refractivity contribution in [2.24, 2.45) is 0 Å². The number of carbonyl (C=O) groups is 1. The first-order chi connectivity index (χ1) is 15.0. The topological polar surface area (TPSA) is 82.6 Å². The van der Waals surface area contributed by atoms with Crippen molar-refractivity contribution in [1.82, 2.24) is 9.97 Å². The van der Waals surface area contributed by atoms with Crippen molar-refractivity contribution >= 4 is 50.6 Å². The highest BCUT2D eigenvalue weighted by Gasteiger charge is 2.22. The predicted octanol–water partition coefficient (Wildman–Crippen LogP) is 5.35. The normalized spacial score (nSPS) is 10.7. The number of hydrogen-bond acceptors (Lipinski definition) is 8. The number of ether oxygens (including phenoxy) is 3. The van der Waals surface area contributed by atoms with Crippen molar-refractivity contribution in [2.45, 2.75) is 0 Å². The lowest BCUT2D eigenvalue weighted by Crippen LogP contribution is -2.09. The zero-order valence-electron chi connectivity index (χ0n) is 16.9. The molecular formula is C22H18ClN3O4S. The molecule has 0 aliphatic carbocycles. The quantitative estimate of drug-likeness (QED) is 0.376. The van der Waals surface area contributed by atoms with E-state index in [1.165, 1.54) is 32.7 Å². The summed E-state index contributed by atoms with van der Waals surface area (Å²) >= 11 is 7.36. The van der Waals surface area contributed by atoms with Crippen LogP contribution in [0.15, 0.2) is 47.8 Å². The number of rotatable bonds is 7. The summed E-state index contributed by atoms with van der Waals surface area (Å²) < 4.78 is 16.8. The van der Waals surface area contributed by atoms with Gasteiger partial charge >= 0.3 is 0 Å². The maximum Gasteiger partial charge on any atom is 0.228 e. The van der Waals surface area contributed by atoms with E-state index in [0.29, 0.717) is 44.0 Å². The number of ketones is 1. The molecule has 0 aliphatic heterocycles. The molecule has 0 saturated heterocycles. The van der Waals surface area contributed by atoms with Crippen LogP contribution in [-0.4, -0.2) is 37.1 Å². The Morgan fingerprint density at radius 3 is 2.26 bits per heavy atom. The number of fused-ring (bicyclic) bond motifs is 1. The van der Waals surface area contributed by atoms with Crippen LogP contribution in [0, 0.1) is 0 Å². The van der Waals surface area contributed by atoms with E-state index in [4.69, 9.17) is 25.8 Å². The molecule has 0 saturated carbocycles. The number of nitrogens with zero attached hydrogens (tertiary/aromatic N) is 2. The average Bonchev–Trinajstić information content (AvgIpc) is 3.27. The first-order valence-electron chi connectivity index (χ1n) is 9.16. The van der Waals surface area contributed by atoms with Crippen molar-refractivity contribution in [1.29, 1.82) is 0 Å². The molecule has 0 fully saturated rings. The van der Waals surface area contributed by atoms with Gasteiger partial charge in [0.15, 0.2) is 11.5 Å². The van der Waals surface area contributed by atoms with Crippen LogP contribution in [0.1, 0.15) is 16.1 Å². The van der Waals surface area contributed by atoms with E-state index in [1.54, 1.807) is 24.3 Å². The fourth-order valence-corrected chi connectivity index (χ4v) is 4.03. The highest BCUT2D eigenvalue weighted by Crippen LogP contribution is 2.39. The Kier molecular flexibility index (Phi) is 5.92. The van der Waals surface area contributed by atoms with E-state index in [0.717, 1.165) is 5.69 Å². The number of hydrogen-bond donors (Lipinski definition) is 1. The summed E-state index contributed by atoms with van der Waals surface area (Å²) in [4.78, 5) is 22.5. The van der Waals surface area contributed by atoms with E-state index in [9.17, 15) is 4.79 Å². The number of anilines is 2. The highest BCUT2D eigenvalue weighted by molar-refractivity contribution is 7.17. The third-order valence-electron chi connectivity index (χ3n) is 4.55. The van der Waals surface area contributed by atoms with E-state index >= 15 is 0 Å². The number of aromatic nitrogens is 2. The Morgan fingerprint density at radius 1 is 0.968 bits per heavy atom. The first-order valence-corrected chi connectivity index (χ1v) is 10.4. The largest absolute Gasteiger partial charge is 0.493 e. The second-order valence-corrected chi connectivity index (χ2v) is 7.76. The molecular weight excluding hydrogens is 438 g/mol. The summed E-state index contributed by atoms with van der Waals surface area (Å²) in [5, 5.41) is 5.62. The number of nitrogens with one attached hydrogen (secondary N) is 1. The summed E-state index contributed by atoms with van der Waals surface area (Å²) in [6.07, 6.45) is 0. The zero-order chi connectivity index (χ0) is 22.0. The van der Waals surface area contributed by atoms with Gasteiger partial charge in [0.2, 0.25) is 17.5 Å². The van der Waals surface area contributed by atoms with Crippen molar-refractivity contribution in [3.8, 4) is 17.2 Å². The molecule has 2 heterocycles. The van der Waals surface area contributed by atoms with E-state index in [2.05, 4.69) is 15.3 Å². The Bertz CT molecular complexity index is 1230. The van der Waals surface area contributed by atoms with Gasteiger partial charge in [-0.3, -0.25) is 4.79 Å². The maximum atomic E-state index is 13.5. The fraction of sp³-hybridized carbons (Fsp3) is 0.136. The zero-order valence-corrected chi connectivity index (χ0v) is 18.5. The van der Waals surface area contributed by atoms with Gasteiger partial charge in [0.1, 0.15) is 5.69 Å². The van der Waals surface area contributed by atoms with E-state index in [1.807, 2.05) is 23.6 Å². The molecule has 2 aromatic carbocycles. The van der Waals surface area contributed by atoms with E-state index in [-0.39, 0.29) is 11.5 Å². The molecule has 31 heavy (non-hydrogen) atoms. The van der Waals surface area contributed by atoms with Crippen molar-refractivity contribution in [2.75, 3.05) is 26.6 Å². The smallest absolute Gasteiger partial charge is 0.228 e. The molecule has 0 spiro atoms. The van der Waals surface area contributed by atoms with Crippen molar-refractivity contribution < 1.29 is 19.0 Å². The molecule has 0 unspecified atom stereocenters.